The molecule has 6 nitrogen and oxygen atoms in total. The first kappa shape index (κ1) is 24.2. The van der Waals surface area contributed by atoms with Gasteiger partial charge in [-0.15, -0.1) is 0 Å². The van der Waals surface area contributed by atoms with E-state index in [0.717, 1.165) is 32.2 Å². The van der Waals surface area contributed by atoms with Crippen molar-refractivity contribution >= 4 is 43.1 Å². The third kappa shape index (κ3) is 5.24. The van der Waals surface area contributed by atoms with Gasteiger partial charge in [0.2, 0.25) is 10.0 Å². The molecular weight excluding hydrogens is 514 g/mol. The molecule has 8 heteroatoms. The monoisotopic (exact) mass is 539 g/mol. The number of para-hydroxylation sites is 1. The summed E-state index contributed by atoms with van der Waals surface area (Å²) >= 11 is 3.66. The Morgan fingerprint density at radius 2 is 1.68 bits per heavy atom. The smallest absolute Gasteiger partial charge is 0.243 e. The van der Waals surface area contributed by atoms with Crippen molar-refractivity contribution in [3.8, 4) is 0 Å². The van der Waals surface area contributed by atoms with Crippen molar-refractivity contribution in [3.63, 3.8) is 0 Å². The lowest BCUT2D eigenvalue weighted by Gasteiger charge is -2.21. The lowest BCUT2D eigenvalue weighted by molar-refractivity contribution is 0.131. The number of nitrogens with zero attached hydrogens (tertiary/aromatic N) is 3. The number of rotatable bonds is 9. The zero-order chi connectivity index (χ0) is 24.1. The average Bonchev–Trinajstić information content (AvgIpc) is 3.09. The zero-order valence-electron chi connectivity index (χ0n) is 19.1. The van der Waals surface area contributed by atoms with Crippen molar-refractivity contribution in [2.45, 2.75) is 25.0 Å². The molecule has 0 amide bonds. The van der Waals surface area contributed by atoms with E-state index in [-0.39, 0.29) is 18.0 Å². The highest BCUT2D eigenvalue weighted by Gasteiger charge is 2.26. The molecule has 1 heterocycles. The van der Waals surface area contributed by atoms with Gasteiger partial charge in [-0.05, 0) is 46.6 Å². The van der Waals surface area contributed by atoms with Gasteiger partial charge in [-0.25, -0.2) is 8.42 Å². The van der Waals surface area contributed by atoms with Crippen molar-refractivity contribution < 1.29 is 13.3 Å². The Balaban J connectivity index is 1.61. The summed E-state index contributed by atoms with van der Waals surface area (Å²) in [4.78, 5) is 5.63. The molecule has 0 fully saturated rings. The predicted octanol–water partition coefficient (Wildman–Crippen LogP) is 5.64. The van der Waals surface area contributed by atoms with Crippen LogP contribution in [-0.2, 0) is 35.1 Å². The number of aromatic nitrogens is 1. The third-order valence-electron chi connectivity index (χ3n) is 5.64. The molecular formula is C26H26BrN3O3S. The van der Waals surface area contributed by atoms with E-state index in [0.29, 0.717) is 6.61 Å². The minimum atomic E-state index is -3.78. The van der Waals surface area contributed by atoms with E-state index < -0.39 is 10.0 Å². The highest BCUT2D eigenvalue weighted by Crippen LogP contribution is 2.31. The van der Waals surface area contributed by atoms with Gasteiger partial charge < -0.3 is 9.40 Å². The highest BCUT2D eigenvalue weighted by atomic mass is 79.9. The lowest BCUT2D eigenvalue weighted by atomic mass is 10.2. The van der Waals surface area contributed by atoms with Gasteiger partial charge in [0.05, 0.1) is 22.3 Å². The van der Waals surface area contributed by atoms with Crippen LogP contribution < -0.4 is 0 Å². The number of sulfonamides is 1. The lowest BCUT2D eigenvalue weighted by Crippen LogP contribution is -2.32. The van der Waals surface area contributed by atoms with Crippen LogP contribution in [-0.4, -0.2) is 30.0 Å². The van der Waals surface area contributed by atoms with E-state index in [2.05, 4.69) is 21.1 Å². The van der Waals surface area contributed by atoms with Crippen molar-refractivity contribution in [3.05, 3.63) is 100 Å². The number of hydrogen-bond acceptors (Lipinski definition) is 4. The van der Waals surface area contributed by atoms with Gasteiger partial charge in [0.15, 0.2) is 0 Å². The van der Waals surface area contributed by atoms with E-state index in [4.69, 9.17) is 4.84 Å². The van der Waals surface area contributed by atoms with Crippen LogP contribution in [0.5, 0.6) is 0 Å². The van der Waals surface area contributed by atoms with Crippen molar-refractivity contribution in [1.82, 2.24) is 8.87 Å². The summed E-state index contributed by atoms with van der Waals surface area (Å²) in [6, 6.07) is 24.5. The Morgan fingerprint density at radius 1 is 1.00 bits per heavy atom. The van der Waals surface area contributed by atoms with E-state index in [9.17, 15) is 8.42 Å². The molecule has 0 unspecified atom stereocenters. The number of hydrogen-bond donors (Lipinski definition) is 0. The minimum Gasteiger partial charge on any atom is -0.391 e. The van der Waals surface area contributed by atoms with Crippen molar-refractivity contribution in [2.75, 3.05) is 6.54 Å². The SMILES string of the molecule is Cc1ccc(S(=O)(=O)N(C/C=N/OCc2ccccc2)Cc2c(Br)n(C)c3ccccc23)cc1. The Hall–Kier alpha value is -2.94. The Kier molecular flexibility index (Phi) is 7.50. The van der Waals surface area contributed by atoms with Crippen molar-refractivity contribution in [1.29, 1.82) is 0 Å². The van der Waals surface area contributed by atoms with Crippen LogP contribution in [0.1, 0.15) is 16.7 Å². The molecule has 0 bridgehead atoms. The Labute approximate surface area is 208 Å². The summed E-state index contributed by atoms with van der Waals surface area (Å²) in [5, 5.41) is 5.01. The fraction of sp³-hybridized carbons (Fsp3) is 0.192. The van der Waals surface area contributed by atoms with Gasteiger partial charge in [0.1, 0.15) is 6.61 Å². The molecule has 0 aliphatic rings. The number of fused-ring (bicyclic) bond motifs is 1. The predicted molar refractivity (Wildman–Crippen MR) is 139 cm³/mol. The van der Waals surface area contributed by atoms with E-state index in [1.165, 1.54) is 10.5 Å². The van der Waals surface area contributed by atoms with Crippen LogP contribution in [0.25, 0.3) is 10.9 Å². The summed E-state index contributed by atoms with van der Waals surface area (Å²) < 4.78 is 31.4. The van der Waals surface area contributed by atoms with Crippen LogP contribution >= 0.6 is 15.9 Å². The van der Waals surface area contributed by atoms with Crippen LogP contribution in [0, 0.1) is 6.92 Å². The Morgan fingerprint density at radius 3 is 2.41 bits per heavy atom. The molecule has 0 saturated heterocycles. The van der Waals surface area contributed by atoms with Crippen LogP contribution in [0.2, 0.25) is 0 Å². The molecule has 0 atom stereocenters. The quantitative estimate of drug-likeness (QED) is 0.204. The number of halogens is 1. The van der Waals surface area contributed by atoms with Crippen LogP contribution in [0.4, 0.5) is 0 Å². The molecule has 3 aromatic carbocycles. The average molecular weight is 540 g/mol. The largest absolute Gasteiger partial charge is 0.391 e. The maximum Gasteiger partial charge on any atom is 0.243 e. The van der Waals surface area contributed by atoms with E-state index >= 15 is 0 Å². The first-order chi connectivity index (χ1) is 16.4. The molecule has 0 saturated carbocycles. The van der Waals surface area contributed by atoms with Crippen LogP contribution in [0.15, 0.2) is 93.5 Å². The minimum absolute atomic E-state index is 0.0701. The maximum atomic E-state index is 13.6. The third-order valence-corrected chi connectivity index (χ3v) is 8.47. The number of oxime groups is 1. The molecule has 1 aromatic heterocycles. The molecule has 0 N–H and O–H groups in total. The molecule has 0 aliphatic carbocycles. The molecule has 0 spiro atoms. The number of aryl methyl sites for hydroxylation is 2. The molecule has 176 valence electrons. The van der Waals surface area contributed by atoms with Gasteiger partial charge in [-0.3, -0.25) is 0 Å². The van der Waals surface area contributed by atoms with Gasteiger partial charge in [-0.1, -0.05) is 71.4 Å². The van der Waals surface area contributed by atoms with Gasteiger partial charge in [0.25, 0.3) is 0 Å². The first-order valence-corrected chi connectivity index (χ1v) is 13.1. The maximum absolute atomic E-state index is 13.6. The second-order valence-corrected chi connectivity index (χ2v) is 10.7. The van der Waals surface area contributed by atoms with Gasteiger partial charge >= 0.3 is 0 Å². The van der Waals surface area contributed by atoms with E-state index in [1.54, 1.807) is 24.3 Å². The molecule has 0 radical (unpaired) electrons. The normalized spacial score (nSPS) is 12.1. The highest BCUT2D eigenvalue weighted by molar-refractivity contribution is 9.10. The van der Waals surface area contributed by atoms with Gasteiger partial charge in [0, 0.05) is 30.1 Å². The fourth-order valence-corrected chi connectivity index (χ4v) is 5.61. The second kappa shape index (κ2) is 10.5. The van der Waals surface area contributed by atoms with Crippen molar-refractivity contribution in [2.24, 2.45) is 12.2 Å². The summed E-state index contributed by atoms with van der Waals surface area (Å²) in [5.74, 6) is 0. The fourth-order valence-electron chi connectivity index (χ4n) is 3.74. The number of benzene rings is 3. The summed E-state index contributed by atoms with van der Waals surface area (Å²) in [6.07, 6.45) is 1.49. The molecule has 0 aliphatic heterocycles. The topological polar surface area (TPSA) is 63.9 Å². The first-order valence-electron chi connectivity index (χ1n) is 10.8. The second-order valence-electron chi connectivity index (χ2n) is 8.00. The van der Waals surface area contributed by atoms with E-state index in [1.807, 2.05) is 73.1 Å². The molecule has 34 heavy (non-hydrogen) atoms. The standard InChI is InChI=1S/C26H26BrN3O3S/c1-20-12-14-22(15-13-20)34(31,32)30(17-16-28-33-19-21-8-4-3-5-9-21)18-24-23-10-6-7-11-25(23)29(2)26(24)27/h3-16H,17-19H2,1-2H3/b28-16+. The Bertz CT molecular complexity index is 1400. The summed E-state index contributed by atoms with van der Waals surface area (Å²) in [5.41, 5.74) is 3.91. The summed E-state index contributed by atoms with van der Waals surface area (Å²) in [7, 11) is -1.82. The van der Waals surface area contributed by atoms with Crippen LogP contribution in [0.3, 0.4) is 0 Å². The summed E-state index contributed by atoms with van der Waals surface area (Å²) in [6.45, 7) is 2.50. The zero-order valence-corrected chi connectivity index (χ0v) is 21.5. The molecule has 4 rings (SSSR count). The van der Waals surface area contributed by atoms with Gasteiger partial charge in [-0.2, -0.15) is 4.31 Å². The molecule has 4 aromatic rings.